The van der Waals surface area contributed by atoms with Crippen LogP contribution in [0.15, 0.2) is 66.7 Å². The summed E-state index contributed by atoms with van der Waals surface area (Å²) in [5, 5.41) is 12.0. The van der Waals surface area contributed by atoms with Crippen molar-refractivity contribution in [3.63, 3.8) is 0 Å². The molecular formula is C46H47FN11O5S+. The Morgan fingerprint density at radius 2 is 1.78 bits per heavy atom. The summed E-state index contributed by atoms with van der Waals surface area (Å²) >= 11 is 1.27. The summed E-state index contributed by atoms with van der Waals surface area (Å²) in [7, 11) is 0. The minimum absolute atomic E-state index is 0.0612. The number of rotatable bonds is 9. The van der Waals surface area contributed by atoms with E-state index in [4.69, 9.17) is 0 Å². The van der Waals surface area contributed by atoms with Crippen molar-refractivity contribution >= 4 is 51.7 Å². The van der Waals surface area contributed by atoms with Gasteiger partial charge in [0.2, 0.25) is 17.7 Å². The van der Waals surface area contributed by atoms with Crippen molar-refractivity contribution < 1.29 is 28.4 Å². The zero-order chi connectivity index (χ0) is 43.9. The minimum atomic E-state index is -1.06. The molecule has 18 heteroatoms. The van der Waals surface area contributed by atoms with E-state index < -0.39 is 29.6 Å². The fraction of sp³-hybridized carbons (Fsp3) is 0.413. The van der Waals surface area contributed by atoms with Crippen LogP contribution < -0.4 is 10.6 Å². The van der Waals surface area contributed by atoms with Crippen LogP contribution >= 0.6 is 11.3 Å². The van der Waals surface area contributed by atoms with Crippen LogP contribution in [-0.2, 0) is 38.7 Å². The number of nitrogens with one attached hydrogen (secondary N) is 2. The van der Waals surface area contributed by atoms with Crippen molar-refractivity contribution in [3.8, 4) is 17.2 Å². The van der Waals surface area contributed by atoms with Crippen molar-refractivity contribution in [2.45, 2.75) is 82.5 Å². The van der Waals surface area contributed by atoms with Crippen LogP contribution in [0.4, 0.5) is 15.2 Å². The number of hydrogen-bond acceptors (Lipinski definition) is 10. The van der Waals surface area contributed by atoms with Crippen molar-refractivity contribution in [1.29, 1.82) is 0 Å². The first kappa shape index (κ1) is 41.4. The topological polar surface area (TPSA) is 172 Å². The van der Waals surface area contributed by atoms with Gasteiger partial charge >= 0.3 is 5.69 Å². The molecule has 0 saturated carbocycles. The highest BCUT2D eigenvalue weighted by molar-refractivity contribution is 7.13. The first-order chi connectivity index (χ1) is 31.1. The van der Waals surface area contributed by atoms with Crippen molar-refractivity contribution in [2.24, 2.45) is 5.92 Å². The van der Waals surface area contributed by atoms with Crippen LogP contribution in [0.5, 0.6) is 0 Å². The van der Waals surface area contributed by atoms with E-state index in [1.165, 1.54) is 27.9 Å². The molecule has 3 fully saturated rings. The molecule has 5 amide bonds. The van der Waals surface area contributed by atoms with Gasteiger partial charge in [0.25, 0.3) is 17.9 Å². The van der Waals surface area contributed by atoms with Gasteiger partial charge < -0.3 is 14.4 Å². The van der Waals surface area contributed by atoms with Gasteiger partial charge in [-0.2, -0.15) is 5.10 Å². The Hall–Kier alpha value is -6.58. The Labute approximate surface area is 372 Å². The van der Waals surface area contributed by atoms with Crippen LogP contribution in [0.25, 0.3) is 16.0 Å². The number of thiazole rings is 1. The lowest BCUT2D eigenvalue weighted by molar-refractivity contribution is -0.135. The van der Waals surface area contributed by atoms with E-state index in [1.807, 2.05) is 32.5 Å². The number of aromatic nitrogens is 5. The molecule has 0 bridgehead atoms. The highest BCUT2D eigenvalue weighted by Crippen LogP contribution is 2.38. The first-order valence-corrected chi connectivity index (χ1v) is 22.9. The number of carbonyl (C=O) groups excluding carboxylic acids is 5. The van der Waals surface area contributed by atoms with Crippen molar-refractivity contribution in [2.75, 3.05) is 38.0 Å². The quantitative estimate of drug-likeness (QED) is 0.177. The normalized spacial score (nSPS) is 19.8. The van der Waals surface area contributed by atoms with Gasteiger partial charge in [0.15, 0.2) is 17.1 Å². The van der Waals surface area contributed by atoms with Crippen LogP contribution in [-0.4, -0.2) is 101 Å². The average Bonchev–Trinajstić information content (AvgIpc) is 4.17. The number of likely N-dealkylation sites (tertiary alicyclic amines) is 2. The molecule has 0 radical (unpaired) electrons. The molecule has 64 heavy (non-hydrogen) atoms. The van der Waals surface area contributed by atoms with E-state index >= 15 is 4.39 Å². The lowest BCUT2D eigenvalue weighted by Crippen LogP contribution is -2.46. The molecule has 8 heterocycles. The third-order valence-electron chi connectivity index (χ3n) is 13.3. The molecule has 2 aromatic carbocycles. The Balaban J connectivity index is 0.726. The molecular weight excluding hydrogens is 838 g/mol. The van der Waals surface area contributed by atoms with Crippen molar-refractivity contribution in [3.05, 3.63) is 105 Å². The summed E-state index contributed by atoms with van der Waals surface area (Å²) in [5.41, 5.74) is 4.99. The molecule has 2 atom stereocenters. The monoisotopic (exact) mass is 884 g/mol. The lowest BCUT2D eigenvalue weighted by Gasteiger charge is -2.36. The summed E-state index contributed by atoms with van der Waals surface area (Å²) in [6.45, 7) is 3.98. The van der Waals surface area contributed by atoms with Crippen LogP contribution in [0, 0.1) is 17.8 Å². The molecule has 0 aliphatic carbocycles. The number of imidazole rings is 1. The maximum absolute atomic E-state index is 16.0. The molecule has 5 aromatic rings. The minimum Gasteiger partial charge on any atom is -0.341 e. The molecule has 16 nitrogen and oxygen atoms in total. The van der Waals surface area contributed by atoms with E-state index in [0.717, 1.165) is 63.9 Å². The van der Waals surface area contributed by atoms with Gasteiger partial charge in [0.1, 0.15) is 5.82 Å². The van der Waals surface area contributed by atoms with Gasteiger partial charge in [-0.05, 0) is 92.1 Å². The lowest BCUT2D eigenvalue weighted by atomic mass is 9.89. The maximum atomic E-state index is 16.0. The largest absolute Gasteiger partial charge is 0.341 e. The number of fused-ring (bicyclic) bond motifs is 2. The molecule has 5 aliphatic rings. The van der Waals surface area contributed by atoms with Gasteiger partial charge in [-0.3, -0.25) is 44.2 Å². The number of benzene rings is 2. The van der Waals surface area contributed by atoms with E-state index in [9.17, 15) is 24.0 Å². The number of hydrogen-bond donors (Lipinski definition) is 2. The third-order valence-corrected chi connectivity index (χ3v) is 14.0. The third kappa shape index (κ3) is 8.32. The Kier molecular flexibility index (Phi) is 11.3. The number of imide groups is 1. The average molecular weight is 885 g/mol. The molecule has 3 saturated heterocycles. The highest BCUT2D eigenvalue weighted by Gasteiger charge is 2.42. The maximum Gasteiger partial charge on any atom is 0.340 e. The molecule has 0 spiro atoms. The van der Waals surface area contributed by atoms with E-state index in [0.29, 0.717) is 66.0 Å². The number of aryl methyl sites for hydroxylation is 1. The zero-order valence-corrected chi connectivity index (χ0v) is 35.9. The van der Waals surface area contributed by atoms with Crippen LogP contribution in [0.1, 0.15) is 95.8 Å². The van der Waals surface area contributed by atoms with Crippen LogP contribution in [0.3, 0.4) is 0 Å². The van der Waals surface area contributed by atoms with Gasteiger partial charge in [-0.25, -0.2) is 14.4 Å². The Morgan fingerprint density at radius 1 is 0.969 bits per heavy atom. The smallest absolute Gasteiger partial charge is 0.340 e. The van der Waals surface area contributed by atoms with E-state index in [1.54, 1.807) is 30.2 Å². The number of anilines is 1. The number of carbonyl (C=O) groups is 5. The fourth-order valence-corrected chi connectivity index (χ4v) is 10.3. The predicted octanol–water partition coefficient (Wildman–Crippen LogP) is 5.68. The number of amides is 5. The number of halogens is 1. The Morgan fingerprint density at radius 3 is 2.55 bits per heavy atom. The molecule has 10 rings (SSSR count). The SMILES string of the molecule is O=C1CCC(C#[N+]c2ccc(C3CCN(CC(=O)N4CCC(n5cc(-c6cc(F)c7c(c6)C(=O)N(C(C(=O)Nc6nccs6)c6ncn8c6CCC8)C7)cn5)CC4)CC3)cc2)C(=O)N1. The molecule has 2 unspecified atom stereocenters. The number of piperidine rings is 3. The van der Waals surface area contributed by atoms with Gasteiger partial charge in [0.05, 0.1) is 37.3 Å². The van der Waals surface area contributed by atoms with E-state index in [2.05, 4.69) is 53.6 Å². The predicted molar refractivity (Wildman–Crippen MR) is 234 cm³/mol. The second-order valence-corrected chi connectivity index (χ2v) is 18.1. The standard InChI is InChI=1S/C46H46FN11O5S/c47-37-21-31(20-35-36(37)25-57(45(35)63)42(44(62)53-46-48-13-19-64-46)41-38-2-1-14-56(38)27-50-41)32-23-51-58(24-32)34-11-17-55(18-12-34)40(60)26-54-15-9-29(10-16-54)28-3-6-33(7-4-28)49-22-30-5-8-39(59)52-43(30)61/h3-4,6-7,13,19-21,23-24,27,29-30,34,42H,1-2,5,8-12,14-18,25-26H2,(H-,48,52,53,59,61,62)/p+1. The summed E-state index contributed by atoms with van der Waals surface area (Å²) in [6.07, 6.45) is 12.6. The molecule has 328 valence electrons. The van der Waals surface area contributed by atoms with Crippen LogP contribution in [0.2, 0.25) is 0 Å². The molecule has 3 aromatic heterocycles. The van der Waals surface area contributed by atoms with Gasteiger partial charge in [0, 0.05) is 78.3 Å². The van der Waals surface area contributed by atoms with Gasteiger partial charge in [-0.1, -0.05) is 12.1 Å². The van der Waals surface area contributed by atoms with E-state index in [-0.39, 0.29) is 41.4 Å². The summed E-state index contributed by atoms with van der Waals surface area (Å²) < 4.78 is 19.9. The summed E-state index contributed by atoms with van der Waals surface area (Å²) in [5.74, 6) is -2.03. The fourth-order valence-electron chi connectivity index (χ4n) is 9.74. The molecule has 5 aliphatic heterocycles. The van der Waals surface area contributed by atoms with Crippen molar-refractivity contribution in [1.82, 2.24) is 44.3 Å². The Bertz CT molecular complexity index is 2690. The summed E-state index contributed by atoms with van der Waals surface area (Å²) in [4.78, 5) is 83.6. The second-order valence-electron chi connectivity index (χ2n) is 17.2. The van der Waals surface area contributed by atoms with Gasteiger partial charge in [-0.15, -0.1) is 11.3 Å². The molecule has 2 N–H and O–H groups in total. The summed E-state index contributed by atoms with van der Waals surface area (Å²) in [6, 6.07) is 13.0. The number of nitrogens with zero attached hydrogens (tertiary/aromatic N) is 9. The second kappa shape index (κ2) is 17.5. The zero-order valence-electron chi connectivity index (χ0n) is 35.1. The first-order valence-electron chi connectivity index (χ1n) is 22.0. The highest BCUT2D eigenvalue weighted by atomic mass is 32.1.